The van der Waals surface area contributed by atoms with Gasteiger partial charge in [0.05, 0.1) is 38.6 Å². The zero-order valence-corrected chi connectivity index (χ0v) is 43.7. The summed E-state index contributed by atoms with van der Waals surface area (Å²) < 4.78 is 24.4. The van der Waals surface area contributed by atoms with Gasteiger partial charge in [-0.05, 0) is 75.2 Å². The average molecular weight is 983 g/mol. The van der Waals surface area contributed by atoms with E-state index in [1.165, 1.54) is 56.4 Å². The summed E-state index contributed by atoms with van der Waals surface area (Å²) in [6.07, 6.45) is 17.3. The Morgan fingerprint density at radius 2 is 1.23 bits per heavy atom. The van der Waals surface area contributed by atoms with E-state index in [4.69, 9.17) is 24.8 Å². The second-order valence-corrected chi connectivity index (χ2v) is 17.0. The first-order valence-corrected chi connectivity index (χ1v) is 24.0. The maximum Gasteiger partial charge on any atom is 0.335 e. The lowest BCUT2D eigenvalue weighted by Crippen LogP contribution is -2.38. The van der Waals surface area contributed by atoms with E-state index in [1.54, 1.807) is 0 Å². The van der Waals surface area contributed by atoms with Crippen LogP contribution in [0.15, 0.2) is 110 Å². The molecule has 1 aromatic rings. The van der Waals surface area contributed by atoms with Gasteiger partial charge in [-0.15, -0.1) is 0 Å². The SMILES string of the molecule is C=C(CC)C(=O)OCCCCCC.C=C(CC=C(C)C(=O)O)C(=O)OCCO.C=C(CO)C(=O)OCCC.C=CC(=O)OC1CC2CCC1(C)C2(C)C.C=CC(=O)OCCCC.C=Cc1ccccc1. The molecule has 14 heteroatoms. The topological polar surface area (TPSA) is 209 Å². The van der Waals surface area contributed by atoms with Crippen LogP contribution in [0.4, 0.5) is 0 Å². The van der Waals surface area contributed by atoms with Crippen molar-refractivity contribution in [2.75, 3.05) is 39.6 Å². The van der Waals surface area contributed by atoms with Gasteiger partial charge >= 0.3 is 35.8 Å². The summed E-state index contributed by atoms with van der Waals surface area (Å²) >= 11 is 0. The standard InChI is InChI=1S/C13H20O2.C11H20O2.C10H14O5.C8H8.C7H12O3.C7H12O2/c1-5-11(14)15-10-8-9-6-7-13(10,4)12(9,2)3;1-4-6-7-8-9-13-11(12)10(3)5-2;1-7(9(12)13)3-4-8(2)10(14)15-6-5-11;1-2-8-6-4-3-5-7-8;1-3-4-10-7(9)6(2)5-8;1-3-5-6-9-7(8)4-2/h5,9-10H,1,6-8H2,2-4H3;3-9H2,1-2H3;3,11H,2,4-6H2,1H3,(H,12,13);2-7H,1H2;8H,2-5H2,1H3;4H,2-3,5-6H2,1H3. The van der Waals surface area contributed by atoms with E-state index in [0.29, 0.717) is 43.1 Å². The molecular formula is C56H86O14. The van der Waals surface area contributed by atoms with Crippen LogP contribution in [0.3, 0.4) is 0 Å². The number of benzene rings is 1. The summed E-state index contributed by atoms with van der Waals surface area (Å²) in [5, 5.41) is 25.3. The van der Waals surface area contributed by atoms with Gasteiger partial charge in [-0.1, -0.05) is 156 Å². The van der Waals surface area contributed by atoms with Crippen molar-refractivity contribution in [3.63, 3.8) is 0 Å². The lowest BCUT2D eigenvalue weighted by atomic mass is 9.70. The summed E-state index contributed by atoms with van der Waals surface area (Å²) in [5.41, 5.74) is 2.61. The summed E-state index contributed by atoms with van der Waals surface area (Å²) in [7, 11) is 0. The van der Waals surface area contributed by atoms with Gasteiger partial charge in [0.1, 0.15) is 12.7 Å². The van der Waals surface area contributed by atoms with Crippen LogP contribution in [0.25, 0.3) is 6.08 Å². The number of hydrogen-bond donors (Lipinski definition) is 3. The molecule has 3 unspecified atom stereocenters. The second-order valence-electron chi connectivity index (χ2n) is 17.0. The van der Waals surface area contributed by atoms with E-state index in [9.17, 15) is 28.8 Å². The number of carboxylic acids is 1. The molecule has 394 valence electrons. The van der Waals surface area contributed by atoms with E-state index in [-0.39, 0.29) is 72.4 Å². The first-order valence-electron chi connectivity index (χ1n) is 24.0. The average Bonchev–Trinajstić information content (AvgIpc) is 3.70. The molecule has 14 nitrogen and oxygen atoms in total. The lowest BCUT2D eigenvalue weighted by Gasteiger charge is -2.38. The predicted molar refractivity (Wildman–Crippen MR) is 277 cm³/mol. The molecular weight excluding hydrogens is 897 g/mol. The quantitative estimate of drug-likeness (QED) is 0.0381. The van der Waals surface area contributed by atoms with Crippen LogP contribution in [0.5, 0.6) is 0 Å². The molecule has 2 aliphatic rings. The predicted octanol–water partition coefficient (Wildman–Crippen LogP) is 10.8. The van der Waals surface area contributed by atoms with Gasteiger partial charge in [0.15, 0.2) is 0 Å². The van der Waals surface area contributed by atoms with Gasteiger partial charge in [-0.2, -0.15) is 0 Å². The Bertz CT molecular complexity index is 1810. The molecule has 70 heavy (non-hydrogen) atoms. The maximum absolute atomic E-state index is 11.3. The minimum absolute atomic E-state index is 0.0838. The lowest BCUT2D eigenvalue weighted by molar-refractivity contribution is -0.150. The molecule has 2 fully saturated rings. The summed E-state index contributed by atoms with van der Waals surface area (Å²) in [4.78, 5) is 64.8. The number of fused-ring (bicyclic) bond motifs is 2. The number of ether oxygens (including phenoxy) is 5. The highest BCUT2D eigenvalue weighted by molar-refractivity contribution is 5.90. The molecule has 0 amide bonds. The van der Waals surface area contributed by atoms with Crippen LogP contribution in [-0.2, 0) is 52.5 Å². The minimum Gasteiger partial charge on any atom is -0.478 e. The van der Waals surface area contributed by atoms with Crippen LogP contribution in [-0.4, -0.2) is 96.9 Å². The molecule has 3 atom stereocenters. The molecule has 0 aromatic heterocycles. The van der Waals surface area contributed by atoms with Crippen molar-refractivity contribution in [2.45, 2.75) is 139 Å². The normalized spacial score (nSPS) is 16.4. The largest absolute Gasteiger partial charge is 0.478 e. The molecule has 0 saturated heterocycles. The van der Waals surface area contributed by atoms with Crippen molar-refractivity contribution in [2.24, 2.45) is 16.7 Å². The van der Waals surface area contributed by atoms with E-state index in [2.05, 4.69) is 81.4 Å². The molecule has 0 radical (unpaired) electrons. The Morgan fingerprint density at radius 1 is 0.686 bits per heavy atom. The summed E-state index contributed by atoms with van der Waals surface area (Å²) in [6.45, 7) is 37.8. The van der Waals surface area contributed by atoms with Crippen molar-refractivity contribution in [1.82, 2.24) is 0 Å². The molecule has 3 rings (SSSR count). The van der Waals surface area contributed by atoms with Gasteiger partial charge in [0, 0.05) is 34.3 Å². The van der Waals surface area contributed by atoms with Crippen LogP contribution in [0.2, 0.25) is 0 Å². The fraction of sp³-hybridized carbons (Fsp3) is 0.536. The van der Waals surface area contributed by atoms with Crippen LogP contribution < -0.4 is 0 Å². The Kier molecular flexibility index (Phi) is 40.0. The van der Waals surface area contributed by atoms with Gasteiger partial charge < -0.3 is 39.0 Å². The molecule has 2 saturated carbocycles. The number of allylic oxidation sites excluding steroid dienone is 1. The highest BCUT2D eigenvalue weighted by Gasteiger charge is 2.62. The first kappa shape index (κ1) is 68.4. The van der Waals surface area contributed by atoms with Crippen molar-refractivity contribution >= 4 is 41.9 Å². The van der Waals surface area contributed by atoms with Crippen LogP contribution >= 0.6 is 0 Å². The van der Waals surface area contributed by atoms with Crippen molar-refractivity contribution < 1.29 is 67.8 Å². The van der Waals surface area contributed by atoms with Crippen LogP contribution in [0, 0.1) is 16.7 Å². The number of aliphatic hydroxyl groups is 2. The van der Waals surface area contributed by atoms with Gasteiger partial charge in [0.2, 0.25) is 0 Å². The smallest absolute Gasteiger partial charge is 0.335 e. The third-order valence-electron chi connectivity index (χ3n) is 11.6. The minimum atomic E-state index is -1.04. The molecule has 0 spiro atoms. The number of unbranched alkanes of at least 4 members (excludes halogenated alkanes) is 4. The van der Waals surface area contributed by atoms with Crippen molar-refractivity contribution in [1.29, 1.82) is 0 Å². The molecule has 1 aromatic carbocycles. The molecule has 2 bridgehead atoms. The number of carbonyl (C=O) groups excluding carboxylic acids is 5. The second kappa shape index (κ2) is 41.0. The third kappa shape index (κ3) is 29.9. The van der Waals surface area contributed by atoms with Gasteiger partial charge in [0.25, 0.3) is 0 Å². The third-order valence-corrected chi connectivity index (χ3v) is 11.6. The number of hydrogen-bond acceptors (Lipinski definition) is 13. The van der Waals surface area contributed by atoms with Crippen molar-refractivity contribution in [3.05, 3.63) is 116 Å². The zero-order valence-electron chi connectivity index (χ0n) is 43.7. The summed E-state index contributed by atoms with van der Waals surface area (Å²) in [5.74, 6) is -2.30. The molecule has 0 aliphatic heterocycles. The van der Waals surface area contributed by atoms with E-state index < -0.39 is 17.9 Å². The fourth-order valence-electron chi connectivity index (χ4n) is 6.45. The first-order chi connectivity index (χ1) is 33.1. The van der Waals surface area contributed by atoms with Gasteiger partial charge in [-0.25, -0.2) is 28.8 Å². The van der Waals surface area contributed by atoms with Gasteiger partial charge in [-0.3, -0.25) is 0 Å². The fourth-order valence-corrected chi connectivity index (χ4v) is 6.45. The summed E-state index contributed by atoms with van der Waals surface area (Å²) in [6, 6.07) is 10.0. The monoisotopic (exact) mass is 983 g/mol. The Balaban J connectivity index is -0.000000781. The zero-order chi connectivity index (χ0) is 54.1. The van der Waals surface area contributed by atoms with E-state index >= 15 is 0 Å². The number of aliphatic carboxylic acids is 1. The maximum atomic E-state index is 11.3. The number of aliphatic hydroxyl groups excluding tert-OH is 2. The van der Waals surface area contributed by atoms with E-state index in [0.717, 1.165) is 38.5 Å². The molecule has 3 N–H and O–H groups in total. The number of esters is 5. The number of carboxylic acid groups (broad SMARTS) is 1. The highest BCUT2D eigenvalue weighted by atomic mass is 16.6. The van der Waals surface area contributed by atoms with Crippen molar-refractivity contribution in [3.8, 4) is 0 Å². The number of carbonyl (C=O) groups is 6. The van der Waals surface area contributed by atoms with Crippen LogP contribution in [0.1, 0.15) is 138 Å². The number of rotatable bonds is 24. The Hall–Kier alpha value is -5.86. The molecule has 2 aliphatic carbocycles. The molecule has 0 heterocycles. The highest BCUT2D eigenvalue weighted by Crippen LogP contribution is 2.66. The Morgan fingerprint density at radius 3 is 1.67 bits per heavy atom. The Labute approximate surface area is 419 Å². The van der Waals surface area contributed by atoms with E-state index in [1.807, 2.05) is 57.2 Å².